The summed E-state index contributed by atoms with van der Waals surface area (Å²) < 4.78 is 45.8. The fraction of sp³-hybridized carbons (Fsp3) is 0.143. The van der Waals surface area contributed by atoms with Gasteiger partial charge in [-0.05, 0) is 60.5 Å². The summed E-state index contributed by atoms with van der Waals surface area (Å²) in [5.74, 6) is -0.459. The van der Waals surface area contributed by atoms with E-state index in [-0.39, 0.29) is 22.7 Å². The lowest BCUT2D eigenvalue weighted by atomic mass is 10.1. The smallest absolute Gasteiger partial charge is 0.261 e. The van der Waals surface area contributed by atoms with E-state index in [9.17, 15) is 17.6 Å². The first kappa shape index (κ1) is 21.3. The number of aromatic nitrogens is 1. The van der Waals surface area contributed by atoms with E-state index in [0.717, 1.165) is 17.7 Å². The fourth-order valence-electron chi connectivity index (χ4n) is 2.69. The average molecular weight is 429 g/mol. The third-order valence-corrected chi connectivity index (χ3v) is 5.70. The number of hydrogen-bond donors (Lipinski definition) is 2. The number of amides is 1. The number of nitrogens with one attached hydrogen (secondary N) is 2. The van der Waals surface area contributed by atoms with Crippen molar-refractivity contribution in [3.8, 4) is 5.88 Å². The van der Waals surface area contributed by atoms with Crippen LogP contribution in [0.3, 0.4) is 0 Å². The molecule has 0 aliphatic rings. The summed E-state index contributed by atoms with van der Waals surface area (Å²) in [6.07, 6.45) is 1.57. The molecule has 3 aromatic rings. The molecule has 0 fully saturated rings. The average Bonchev–Trinajstić information content (AvgIpc) is 2.74. The summed E-state index contributed by atoms with van der Waals surface area (Å²) in [4.78, 5) is 16.6. The Morgan fingerprint density at radius 3 is 2.53 bits per heavy atom. The number of aryl methyl sites for hydroxylation is 1. The molecule has 0 aliphatic heterocycles. The van der Waals surface area contributed by atoms with Crippen LogP contribution in [0.25, 0.3) is 0 Å². The van der Waals surface area contributed by atoms with Crippen molar-refractivity contribution in [1.29, 1.82) is 0 Å². The number of anilines is 1. The maximum atomic E-state index is 13.0. The predicted molar refractivity (Wildman–Crippen MR) is 110 cm³/mol. The van der Waals surface area contributed by atoms with Crippen LogP contribution in [0.1, 0.15) is 21.5 Å². The quantitative estimate of drug-likeness (QED) is 0.601. The van der Waals surface area contributed by atoms with Gasteiger partial charge >= 0.3 is 0 Å². The zero-order chi connectivity index (χ0) is 21.7. The van der Waals surface area contributed by atoms with E-state index in [2.05, 4.69) is 15.0 Å². The highest BCUT2D eigenvalue weighted by molar-refractivity contribution is 7.92. The van der Waals surface area contributed by atoms with E-state index in [0.29, 0.717) is 11.4 Å². The molecule has 0 unspecified atom stereocenters. The van der Waals surface area contributed by atoms with Gasteiger partial charge in [0.2, 0.25) is 5.88 Å². The van der Waals surface area contributed by atoms with Crippen molar-refractivity contribution < 1.29 is 22.3 Å². The molecule has 0 radical (unpaired) electrons. The number of halogens is 1. The summed E-state index contributed by atoms with van der Waals surface area (Å²) in [7, 11) is -2.45. The Bertz CT molecular complexity index is 1170. The van der Waals surface area contributed by atoms with Gasteiger partial charge in [0.05, 0.1) is 12.0 Å². The minimum atomic E-state index is -3.95. The molecule has 2 aromatic carbocycles. The molecule has 0 spiro atoms. The molecular formula is C21H20FN3O4S. The molecule has 156 valence electrons. The van der Waals surface area contributed by atoms with E-state index < -0.39 is 21.7 Å². The lowest BCUT2D eigenvalue weighted by Gasteiger charge is -2.12. The monoisotopic (exact) mass is 429 g/mol. The maximum absolute atomic E-state index is 13.0. The predicted octanol–water partition coefficient (Wildman–Crippen LogP) is 3.27. The Labute approximate surface area is 174 Å². The summed E-state index contributed by atoms with van der Waals surface area (Å²) >= 11 is 0. The number of carbonyl (C=O) groups excluding carboxylic acids is 1. The van der Waals surface area contributed by atoms with Crippen LogP contribution in [0.5, 0.6) is 5.88 Å². The van der Waals surface area contributed by atoms with Crippen molar-refractivity contribution in [2.24, 2.45) is 0 Å². The molecule has 9 heteroatoms. The summed E-state index contributed by atoms with van der Waals surface area (Å²) in [6.45, 7) is 1.94. The highest BCUT2D eigenvalue weighted by Crippen LogP contribution is 2.20. The van der Waals surface area contributed by atoms with E-state index in [1.165, 1.54) is 31.4 Å². The van der Waals surface area contributed by atoms with Crippen molar-refractivity contribution in [3.05, 3.63) is 83.3 Å². The molecule has 3 rings (SSSR count). The van der Waals surface area contributed by atoms with Crippen LogP contribution < -0.4 is 14.8 Å². The number of sulfonamides is 1. The molecule has 0 saturated carbocycles. The number of hydrogen-bond acceptors (Lipinski definition) is 5. The summed E-state index contributed by atoms with van der Waals surface area (Å²) in [6, 6.07) is 12.7. The van der Waals surface area contributed by atoms with Crippen LogP contribution in [0.4, 0.5) is 10.1 Å². The van der Waals surface area contributed by atoms with Crippen molar-refractivity contribution in [2.75, 3.05) is 11.8 Å². The molecule has 0 bridgehead atoms. The molecule has 1 amide bonds. The standard InChI is InChI=1S/C21H20FN3O4S/c1-14-3-8-18(30(27,28)25-17-6-4-16(22)5-7-17)12-19(14)21(26)24-13-15-9-10-23-20(11-15)29-2/h3-12,25H,13H2,1-2H3,(H,24,26). The first-order valence-corrected chi connectivity index (χ1v) is 10.4. The normalized spacial score (nSPS) is 11.0. The van der Waals surface area contributed by atoms with Gasteiger partial charge in [-0.1, -0.05) is 6.07 Å². The lowest BCUT2D eigenvalue weighted by Crippen LogP contribution is -2.24. The van der Waals surface area contributed by atoms with Gasteiger partial charge in [-0.25, -0.2) is 17.8 Å². The SMILES string of the molecule is COc1cc(CNC(=O)c2cc(S(=O)(=O)Nc3ccc(F)cc3)ccc2C)ccn1. The molecule has 7 nitrogen and oxygen atoms in total. The van der Waals surface area contributed by atoms with Gasteiger partial charge in [-0.2, -0.15) is 0 Å². The van der Waals surface area contributed by atoms with Gasteiger partial charge in [0, 0.05) is 30.1 Å². The molecular weight excluding hydrogens is 409 g/mol. The summed E-state index contributed by atoms with van der Waals surface area (Å²) in [5, 5.41) is 2.76. The Morgan fingerprint density at radius 1 is 1.10 bits per heavy atom. The Balaban J connectivity index is 1.78. The van der Waals surface area contributed by atoms with Crippen molar-refractivity contribution >= 4 is 21.6 Å². The highest BCUT2D eigenvalue weighted by Gasteiger charge is 2.18. The third kappa shape index (κ3) is 5.12. The number of methoxy groups -OCH3 is 1. The van der Waals surface area contributed by atoms with Crippen LogP contribution in [0.15, 0.2) is 65.7 Å². The fourth-order valence-corrected chi connectivity index (χ4v) is 3.78. The van der Waals surface area contributed by atoms with Crippen molar-refractivity contribution in [3.63, 3.8) is 0 Å². The topological polar surface area (TPSA) is 97.4 Å². The molecule has 30 heavy (non-hydrogen) atoms. The van der Waals surface area contributed by atoms with E-state index in [4.69, 9.17) is 4.74 Å². The summed E-state index contributed by atoms with van der Waals surface area (Å²) in [5.41, 5.74) is 1.86. The van der Waals surface area contributed by atoms with Gasteiger partial charge < -0.3 is 10.1 Å². The Kier molecular flexibility index (Phi) is 6.31. The Hall–Kier alpha value is -3.46. The van der Waals surface area contributed by atoms with Crippen LogP contribution in [0.2, 0.25) is 0 Å². The van der Waals surface area contributed by atoms with E-state index >= 15 is 0 Å². The molecule has 1 heterocycles. The van der Waals surface area contributed by atoms with Gasteiger partial charge in [0.15, 0.2) is 0 Å². The Morgan fingerprint density at radius 2 is 1.83 bits per heavy atom. The van der Waals surface area contributed by atoms with Gasteiger partial charge in [0.25, 0.3) is 15.9 Å². The number of ether oxygens (including phenoxy) is 1. The van der Waals surface area contributed by atoms with Crippen molar-refractivity contribution in [2.45, 2.75) is 18.4 Å². The van der Waals surface area contributed by atoms with Crippen LogP contribution in [-0.2, 0) is 16.6 Å². The first-order chi connectivity index (χ1) is 14.3. The lowest BCUT2D eigenvalue weighted by molar-refractivity contribution is 0.0950. The molecule has 0 aliphatic carbocycles. The first-order valence-electron chi connectivity index (χ1n) is 8.94. The van der Waals surface area contributed by atoms with Crippen LogP contribution in [-0.4, -0.2) is 26.4 Å². The van der Waals surface area contributed by atoms with Gasteiger partial charge in [0.1, 0.15) is 5.82 Å². The zero-order valence-corrected chi connectivity index (χ0v) is 17.2. The molecule has 0 atom stereocenters. The van der Waals surface area contributed by atoms with Gasteiger partial charge in [-0.3, -0.25) is 9.52 Å². The van der Waals surface area contributed by atoms with Gasteiger partial charge in [-0.15, -0.1) is 0 Å². The van der Waals surface area contributed by atoms with E-state index in [1.54, 1.807) is 31.3 Å². The highest BCUT2D eigenvalue weighted by atomic mass is 32.2. The number of nitrogens with zero attached hydrogens (tertiary/aromatic N) is 1. The second kappa shape index (κ2) is 8.91. The minimum Gasteiger partial charge on any atom is -0.481 e. The second-order valence-electron chi connectivity index (χ2n) is 6.48. The minimum absolute atomic E-state index is 0.0758. The van der Waals surface area contributed by atoms with E-state index in [1.807, 2.05) is 0 Å². The number of carbonyl (C=O) groups is 1. The molecule has 2 N–H and O–H groups in total. The number of rotatable bonds is 7. The third-order valence-electron chi connectivity index (χ3n) is 4.32. The van der Waals surface area contributed by atoms with Crippen LogP contribution >= 0.6 is 0 Å². The molecule has 0 saturated heterocycles. The number of benzene rings is 2. The molecule has 1 aromatic heterocycles. The number of pyridine rings is 1. The van der Waals surface area contributed by atoms with Crippen LogP contribution in [0, 0.1) is 12.7 Å². The maximum Gasteiger partial charge on any atom is 0.261 e. The second-order valence-corrected chi connectivity index (χ2v) is 8.16. The zero-order valence-electron chi connectivity index (χ0n) is 16.3. The largest absolute Gasteiger partial charge is 0.481 e. The van der Waals surface area contributed by atoms with Crippen molar-refractivity contribution in [1.82, 2.24) is 10.3 Å².